The summed E-state index contributed by atoms with van der Waals surface area (Å²) < 4.78 is 1.84. The number of nitrogens with zero attached hydrogens (tertiary/aromatic N) is 3. The molecule has 0 saturated carbocycles. The number of nitrogens with two attached hydrogens (primary N) is 1. The minimum absolute atomic E-state index is 0.191. The monoisotopic (exact) mass is 321 g/mol. The highest BCUT2D eigenvalue weighted by atomic mass is 16.2. The van der Waals surface area contributed by atoms with Crippen molar-refractivity contribution in [2.75, 3.05) is 16.8 Å². The summed E-state index contributed by atoms with van der Waals surface area (Å²) in [5.74, 6) is -0.191. The maximum Gasteiger partial charge on any atom is 0.319 e. The first-order valence-corrected chi connectivity index (χ1v) is 7.55. The number of aromatic nitrogens is 2. The average molecular weight is 321 g/mol. The fourth-order valence-corrected chi connectivity index (χ4v) is 2.97. The molecule has 0 saturated heterocycles. The molecule has 3 amide bonds. The van der Waals surface area contributed by atoms with Gasteiger partial charge in [0.05, 0.1) is 18.0 Å². The lowest BCUT2D eigenvalue weighted by molar-refractivity contribution is 0.102. The van der Waals surface area contributed by atoms with E-state index in [4.69, 9.17) is 5.73 Å². The van der Waals surface area contributed by atoms with Crippen molar-refractivity contribution in [2.24, 2.45) is 5.73 Å². The number of amides is 3. The number of primary amides is 1. The molecule has 1 aliphatic rings. The molecule has 120 valence electrons. The number of nitrogens with one attached hydrogen (secondary N) is 1. The molecule has 0 radical (unpaired) electrons. The summed E-state index contributed by atoms with van der Waals surface area (Å²) in [6, 6.07) is 8.53. The third-order valence-corrected chi connectivity index (χ3v) is 4.18. The number of fused-ring (bicyclic) bond motifs is 2. The van der Waals surface area contributed by atoms with Crippen molar-refractivity contribution in [3.8, 4) is 0 Å². The predicted octanol–water partition coefficient (Wildman–Crippen LogP) is 2.03. The van der Waals surface area contributed by atoms with Crippen molar-refractivity contribution in [1.82, 2.24) is 9.38 Å². The Morgan fingerprint density at radius 3 is 2.92 bits per heavy atom. The van der Waals surface area contributed by atoms with Gasteiger partial charge in [0, 0.05) is 29.7 Å². The zero-order chi connectivity index (χ0) is 16.7. The lowest BCUT2D eigenvalue weighted by Crippen LogP contribution is -2.33. The number of carbonyl (C=O) groups is 2. The zero-order valence-electron chi connectivity index (χ0n) is 12.8. The van der Waals surface area contributed by atoms with Gasteiger partial charge in [-0.25, -0.2) is 9.78 Å². The number of hydrogen-bond acceptors (Lipinski definition) is 3. The van der Waals surface area contributed by atoms with Gasteiger partial charge in [0.1, 0.15) is 0 Å². The number of urea groups is 1. The molecule has 3 N–H and O–H groups in total. The molecule has 0 atom stereocenters. The first kappa shape index (κ1) is 14.3. The van der Waals surface area contributed by atoms with Gasteiger partial charge in [-0.1, -0.05) is 0 Å². The summed E-state index contributed by atoms with van der Waals surface area (Å²) in [6.45, 7) is 0.569. The Bertz CT molecular complexity index is 963. The van der Waals surface area contributed by atoms with E-state index >= 15 is 0 Å². The second-order valence-electron chi connectivity index (χ2n) is 5.68. The van der Waals surface area contributed by atoms with Gasteiger partial charge < -0.3 is 15.5 Å². The Morgan fingerprint density at radius 2 is 2.08 bits per heavy atom. The minimum Gasteiger partial charge on any atom is -0.351 e. The van der Waals surface area contributed by atoms with Crippen LogP contribution < -0.4 is 16.0 Å². The fourth-order valence-electron chi connectivity index (χ4n) is 2.97. The molecular formula is C17H15N5O2. The molecule has 24 heavy (non-hydrogen) atoms. The molecule has 0 unspecified atom stereocenters. The van der Waals surface area contributed by atoms with Crippen LogP contribution in [0.3, 0.4) is 0 Å². The van der Waals surface area contributed by atoms with E-state index in [2.05, 4.69) is 10.3 Å². The van der Waals surface area contributed by atoms with Crippen molar-refractivity contribution in [3.05, 3.63) is 60.2 Å². The minimum atomic E-state index is -0.459. The van der Waals surface area contributed by atoms with Crippen LogP contribution in [0.5, 0.6) is 0 Å². The molecule has 1 aromatic carbocycles. The molecule has 2 aromatic heterocycles. The van der Waals surface area contributed by atoms with Gasteiger partial charge in [-0.2, -0.15) is 0 Å². The normalized spacial score (nSPS) is 13.1. The van der Waals surface area contributed by atoms with E-state index in [1.54, 1.807) is 36.9 Å². The number of pyridine rings is 1. The Labute approximate surface area is 137 Å². The number of carbonyl (C=O) groups excluding carboxylic acids is 2. The molecule has 0 spiro atoms. The maximum atomic E-state index is 12.4. The predicted molar refractivity (Wildman–Crippen MR) is 90.2 cm³/mol. The van der Waals surface area contributed by atoms with Crippen molar-refractivity contribution < 1.29 is 9.59 Å². The van der Waals surface area contributed by atoms with Gasteiger partial charge in [0.25, 0.3) is 5.91 Å². The van der Waals surface area contributed by atoms with E-state index in [0.717, 1.165) is 23.2 Å². The molecule has 3 aromatic rings. The average Bonchev–Trinajstić information content (AvgIpc) is 3.20. The second kappa shape index (κ2) is 5.38. The Morgan fingerprint density at radius 1 is 1.21 bits per heavy atom. The van der Waals surface area contributed by atoms with Crippen LogP contribution in [0.2, 0.25) is 0 Å². The Balaban J connectivity index is 1.57. The molecule has 0 fully saturated rings. The second-order valence-corrected chi connectivity index (χ2v) is 5.68. The highest BCUT2D eigenvalue weighted by Gasteiger charge is 2.23. The highest BCUT2D eigenvalue weighted by Crippen LogP contribution is 2.30. The number of hydrogen-bond donors (Lipinski definition) is 2. The zero-order valence-corrected chi connectivity index (χ0v) is 12.8. The lowest BCUT2D eigenvalue weighted by Gasteiger charge is -2.14. The SMILES string of the molecule is NC(=O)N1CCc2cc(NC(=O)c3ccn4cncc4c3)ccc21. The molecule has 4 rings (SSSR count). The van der Waals surface area contributed by atoms with Crippen LogP contribution >= 0.6 is 0 Å². The van der Waals surface area contributed by atoms with E-state index in [1.807, 2.05) is 16.5 Å². The van der Waals surface area contributed by atoms with Crippen molar-refractivity contribution >= 4 is 28.8 Å². The van der Waals surface area contributed by atoms with Crippen LogP contribution in [0, 0.1) is 0 Å². The number of rotatable bonds is 2. The molecule has 7 heteroatoms. The fraction of sp³-hybridized carbons (Fsp3) is 0.118. The molecule has 0 aliphatic carbocycles. The summed E-state index contributed by atoms with van der Waals surface area (Å²) in [5.41, 5.74) is 9.26. The molecule has 0 bridgehead atoms. The van der Waals surface area contributed by atoms with Gasteiger partial charge in [-0.3, -0.25) is 9.69 Å². The maximum absolute atomic E-state index is 12.4. The summed E-state index contributed by atoms with van der Waals surface area (Å²) >= 11 is 0. The van der Waals surface area contributed by atoms with Crippen molar-refractivity contribution in [2.45, 2.75) is 6.42 Å². The van der Waals surface area contributed by atoms with Crippen LogP contribution in [0.4, 0.5) is 16.2 Å². The topological polar surface area (TPSA) is 92.7 Å². The summed E-state index contributed by atoms with van der Waals surface area (Å²) in [6.07, 6.45) is 5.90. The summed E-state index contributed by atoms with van der Waals surface area (Å²) in [4.78, 5) is 29.4. The van der Waals surface area contributed by atoms with Crippen LogP contribution in [-0.4, -0.2) is 27.9 Å². The number of imidazole rings is 1. The van der Waals surface area contributed by atoms with E-state index in [-0.39, 0.29) is 5.91 Å². The third kappa shape index (κ3) is 2.36. The number of anilines is 2. The molecule has 3 heterocycles. The van der Waals surface area contributed by atoms with Crippen LogP contribution in [0.15, 0.2) is 49.1 Å². The molecular weight excluding hydrogens is 306 g/mol. The van der Waals surface area contributed by atoms with Gasteiger partial charge in [0.2, 0.25) is 0 Å². The van der Waals surface area contributed by atoms with Crippen LogP contribution in [0.25, 0.3) is 5.52 Å². The van der Waals surface area contributed by atoms with Gasteiger partial charge >= 0.3 is 6.03 Å². The third-order valence-electron chi connectivity index (χ3n) is 4.18. The number of benzene rings is 1. The van der Waals surface area contributed by atoms with E-state index in [9.17, 15) is 9.59 Å². The van der Waals surface area contributed by atoms with Crippen LogP contribution in [-0.2, 0) is 6.42 Å². The highest BCUT2D eigenvalue weighted by molar-refractivity contribution is 6.05. The van der Waals surface area contributed by atoms with Gasteiger partial charge in [-0.15, -0.1) is 0 Å². The Hall–Kier alpha value is -3.35. The molecule has 7 nitrogen and oxygen atoms in total. The smallest absolute Gasteiger partial charge is 0.319 e. The van der Waals surface area contributed by atoms with E-state index in [0.29, 0.717) is 17.8 Å². The van der Waals surface area contributed by atoms with Gasteiger partial charge in [0.15, 0.2) is 0 Å². The Kier molecular flexibility index (Phi) is 3.19. The van der Waals surface area contributed by atoms with Crippen molar-refractivity contribution in [1.29, 1.82) is 0 Å². The largest absolute Gasteiger partial charge is 0.351 e. The van der Waals surface area contributed by atoms with Crippen LogP contribution in [0.1, 0.15) is 15.9 Å². The first-order chi connectivity index (χ1) is 11.6. The first-order valence-electron chi connectivity index (χ1n) is 7.55. The standard InChI is InChI=1S/C17H15N5O2/c18-17(24)22-6-4-11-7-13(1-2-15(11)22)20-16(23)12-3-5-21-10-19-9-14(21)8-12/h1-3,5,7-10H,4,6H2,(H2,18,24)(H,20,23). The van der Waals surface area contributed by atoms with Gasteiger partial charge in [-0.05, 0) is 42.3 Å². The van der Waals surface area contributed by atoms with E-state index < -0.39 is 6.03 Å². The lowest BCUT2D eigenvalue weighted by atomic mass is 10.1. The van der Waals surface area contributed by atoms with E-state index in [1.165, 1.54) is 4.90 Å². The summed E-state index contributed by atoms with van der Waals surface area (Å²) in [7, 11) is 0. The summed E-state index contributed by atoms with van der Waals surface area (Å²) in [5, 5.41) is 2.89. The molecule has 1 aliphatic heterocycles. The van der Waals surface area contributed by atoms with Crippen molar-refractivity contribution in [3.63, 3.8) is 0 Å². The quantitative estimate of drug-likeness (QED) is 0.756.